The van der Waals surface area contributed by atoms with Crippen LogP contribution in [-0.4, -0.2) is 44.7 Å². The molecule has 126 valence electrons. The Morgan fingerprint density at radius 1 is 0.950 bits per heavy atom. The third kappa shape index (κ3) is 30.7. The lowest BCUT2D eigenvalue weighted by Crippen LogP contribution is -2.37. The van der Waals surface area contributed by atoms with E-state index in [1.54, 1.807) is 0 Å². The third-order valence-electron chi connectivity index (χ3n) is 2.83. The molecule has 0 aliphatic heterocycles. The smallest absolute Gasteiger partial charge is 0.0120 e. The Hall–Kier alpha value is -0.120. The minimum atomic E-state index is 0. The SMILES string of the molecule is CC(C)C(C)(C)N.CC(C)CN(C)C.CNCC(C)C. The van der Waals surface area contributed by atoms with Crippen molar-refractivity contribution in [3.63, 3.8) is 0 Å². The van der Waals surface area contributed by atoms with Crippen LogP contribution < -0.4 is 11.1 Å². The number of rotatable bonds is 5. The summed E-state index contributed by atoms with van der Waals surface area (Å²) in [4.78, 5) is 2.20. The summed E-state index contributed by atoms with van der Waals surface area (Å²) in [5.41, 5.74) is 5.68. The summed E-state index contributed by atoms with van der Waals surface area (Å²) in [6, 6.07) is 0. The van der Waals surface area contributed by atoms with Gasteiger partial charge in [0.15, 0.2) is 0 Å². The highest BCUT2D eigenvalue weighted by Gasteiger charge is 2.14. The van der Waals surface area contributed by atoms with E-state index in [9.17, 15) is 0 Å². The van der Waals surface area contributed by atoms with Gasteiger partial charge in [-0.3, -0.25) is 0 Å². The van der Waals surface area contributed by atoms with Crippen LogP contribution in [0.15, 0.2) is 0 Å². The molecule has 0 aliphatic rings. The van der Waals surface area contributed by atoms with Gasteiger partial charge in [-0.25, -0.2) is 0 Å². The van der Waals surface area contributed by atoms with Crippen molar-refractivity contribution in [2.24, 2.45) is 23.5 Å². The molecule has 0 fully saturated rings. The van der Waals surface area contributed by atoms with Gasteiger partial charge >= 0.3 is 0 Å². The molecule has 0 aromatic heterocycles. The summed E-state index contributed by atoms with van der Waals surface area (Å²) in [6.07, 6.45) is 0. The van der Waals surface area contributed by atoms with E-state index >= 15 is 0 Å². The summed E-state index contributed by atoms with van der Waals surface area (Å²) in [6.45, 7) is 19.5. The molecule has 3 nitrogen and oxygen atoms in total. The highest BCUT2D eigenvalue weighted by atomic mass is 15.0. The van der Waals surface area contributed by atoms with Crippen LogP contribution >= 0.6 is 0 Å². The Balaban J connectivity index is -0.000000218. The lowest BCUT2D eigenvalue weighted by atomic mass is 9.92. The zero-order valence-corrected chi connectivity index (χ0v) is 16.2. The van der Waals surface area contributed by atoms with Crippen molar-refractivity contribution in [1.82, 2.24) is 10.2 Å². The van der Waals surface area contributed by atoms with E-state index in [2.05, 4.69) is 65.9 Å². The standard InChI is InChI=1S/2C6H15N.C5H13N/c1-6(2)5-7(3)4;1-5(2)6(3,4)7;1-5(2)4-6-3/h6H,5H2,1-4H3;5H,7H2,1-4H3;5-6H,4H2,1-3H3. The fraction of sp³-hybridized carbons (Fsp3) is 1.00. The van der Waals surface area contributed by atoms with Crippen LogP contribution in [0.4, 0.5) is 0 Å². The van der Waals surface area contributed by atoms with Crippen molar-refractivity contribution in [3.05, 3.63) is 0 Å². The molecular weight excluding hydrogens is 246 g/mol. The molecule has 0 atom stereocenters. The fourth-order valence-corrected chi connectivity index (χ4v) is 1.14. The highest BCUT2D eigenvalue weighted by Crippen LogP contribution is 2.09. The van der Waals surface area contributed by atoms with Crippen LogP contribution in [-0.2, 0) is 0 Å². The van der Waals surface area contributed by atoms with Gasteiger partial charge in [-0.1, -0.05) is 41.5 Å². The first-order valence-corrected chi connectivity index (χ1v) is 7.92. The van der Waals surface area contributed by atoms with Gasteiger partial charge in [0.05, 0.1) is 0 Å². The van der Waals surface area contributed by atoms with Gasteiger partial charge in [-0.2, -0.15) is 0 Å². The minimum absolute atomic E-state index is 0. The van der Waals surface area contributed by atoms with Gasteiger partial charge < -0.3 is 16.0 Å². The van der Waals surface area contributed by atoms with Crippen molar-refractivity contribution in [1.29, 1.82) is 0 Å². The molecule has 0 unspecified atom stereocenters. The number of nitrogens with one attached hydrogen (secondary N) is 1. The maximum atomic E-state index is 5.68. The first-order valence-electron chi connectivity index (χ1n) is 7.92. The largest absolute Gasteiger partial charge is 0.325 e. The van der Waals surface area contributed by atoms with Gasteiger partial charge in [0.2, 0.25) is 0 Å². The highest BCUT2D eigenvalue weighted by molar-refractivity contribution is 4.74. The number of hydrogen-bond donors (Lipinski definition) is 2. The molecule has 0 heterocycles. The molecule has 20 heavy (non-hydrogen) atoms. The van der Waals surface area contributed by atoms with Crippen molar-refractivity contribution >= 4 is 0 Å². The monoisotopic (exact) mass is 289 g/mol. The van der Waals surface area contributed by atoms with Crippen LogP contribution in [0.25, 0.3) is 0 Å². The molecule has 0 spiro atoms. The average Bonchev–Trinajstić information content (AvgIpc) is 2.14. The Kier molecular flexibility index (Phi) is 17.2. The van der Waals surface area contributed by atoms with Crippen LogP contribution in [0.2, 0.25) is 0 Å². The lowest BCUT2D eigenvalue weighted by molar-refractivity contribution is 0.354. The van der Waals surface area contributed by atoms with Crippen molar-refractivity contribution in [3.8, 4) is 0 Å². The molecule has 3 heteroatoms. The predicted molar refractivity (Wildman–Crippen MR) is 95.3 cm³/mol. The van der Waals surface area contributed by atoms with Crippen molar-refractivity contribution in [2.45, 2.75) is 60.9 Å². The van der Waals surface area contributed by atoms with Crippen molar-refractivity contribution in [2.75, 3.05) is 34.2 Å². The van der Waals surface area contributed by atoms with E-state index in [0.29, 0.717) is 5.92 Å². The van der Waals surface area contributed by atoms with E-state index in [0.717, 1.165) is 18.4 Å². The zero-order valence-electron chi connectivity index (χ0n) is 16.2. The lowest BCUT2D eigenvalue weighted by Gasteiger charge is -2.22. The summed E-state index contributed by atoms with van der Waals surface area (Å²) < 4.78 is 0. The van der Waals surface area contributed by atoms with Gasteiger partial charge in [0.25, 0.3) is 0 Å². The van der Waals surface area contributed by atoms with Gasteiger partial charge in [0.1, 0.15) is 0 Å². The molecular formula is C17H43N3. The van der Waals surface area contributed by atoms with Crippen LogP contribution in [0.5, 0.6) is 0 Å². The maximum absolute atomic E-state index is 5.68. The molecule has 0 radical (unpaired) electrons. The van der Waals surface area contributed by atoms with E-state index in [-0.39, 0.29) is 5.54 Å². The van der Waals surface area contributed by atoms with Crippen LogP contribution in [0.1, 0.15) is 55.4 Å². The number of nitrogens with zero attached hydrogens (tertiary/aromatic N) is 1. The van der Waals surface area contributed by atoms with Crippen LogP contribution in [0.3, 0.4) is 0 Å². The van der Waals surface area contributed by atoms with Gasteiger partial charge in [-0.05, 0) is 65.8 Å². The molecule has 0 rings (SSSR count). The predicted octanol–water partition coefficient (Wildman–Crippen LogP) is 3.45. The topological polar surface area (TPSA) is 41.3 Å². The number of nitrogens with two attached hydrogens (primary N) is 1. The average molecular weight is 290 g/mol. The summed E-state index contributed by atoms with van der Waals surface area (Å²) in [7, 11) is 6.17. The third-order valence-corrected chi connectivity index (χ3v) is 2.83. The first kappa shape index (κ1) is 24.9. The van der Waals surface area contributed by atoms with E-state index < -0.39 is 0 Å². The second-order valence-corrected chi connectivity index (χ2v) is 7.58. The Labute approximate surface area is 129 Å². The van der Waals surface area contributed by atoms with E-state index in [1.165, 1.54) is 6.54 Å². The normalized spacial score (nSPS) is 11.4. The minimum Gasteiger partial charge on any atom is -0.325 e. The molecule has 3 N–H and O–H groups in total. The van der Waals surface area contributed by atoms with Gasteiger partial charge in [0, 0.05) is 5.54 Å². The maximum Gasteiger partial charge on any atom is 0.0120 e. The second-order valence-electron chi connectivity index (χ2n) is 7.58. The van der Waals surface area contributed by atoms with Gasteiger partial charge in [-0.15, -0.1) is 0 Å². The van der Waals surface area contributed by atoms with Crippen molar-refractivity contribution < 1.29 is 0 Å². The molecule has 0 bridgehead atoms. The molecule has 0 aromatic carbocycles. The first-order chi connectivity index (χ1) is 8.84. The Morgan fingerprint density at radius 3 is 1.30 bits per heavy atom. The fourth-order valence-electron chi connectivity index (χ4n) is 1.14. The second kappa shape index (κ2) is 13.8. The molecule has 0 saturated heterocycles. The van der Waals surface area contributed by atoms with E-state index in [1.807, 2.05) is 20.9 Å². The molecule has 0 aromatic rings. The summed E-state index contributed by atoms with van der Waals surface area (Å²) in [5.74, 6) is 2.16. The summed E-state index contributed by atoms with van der Waals surface area (Å²) >= 11 is 0. The van der Waals surface area contributed by atoms with Crippen LogP contribution in [0, 0.1) is 17.8 Å². The summed E-state index contributed by atoms with van der Waals surface area (Å²) in [5, 5.41) is 3.07. The molecule has 0 amide bonds. The molecule has 0 saturated carbocycles. The molecule has 0 aliphatic carbocycles. The number of hydrogen-bond acceptors (Lipinski definition) is 3. The Bertz CT molecular complexity index is 173. The Morgan fingerprint density at radius 2 is 1.30 bits per heavy atom. The van der Waals surface area contributed by atoms with E-state index in [4.69, 9.17) is 5.73 Å². The quantitative estimate of drug-likeness (QED) is 0.814. The zero-order chi connectivity index (χ0) is 16.9.